The average molecular weight is 424 g/mol. The number of rotatable bonds is 5. The van der Waals surface area contributed by atoms with Crippen molar-refractivity contribution >= 4 is 22.7 Å². The van der Waals surface area contributed by atoms with Crippen LogP contribution in [-0.4, -0.2) is 13.6 Å². The second-order valence-electron chi connectivity index (χ2n) is 7.54. The van der Waals surface area contributed by atoms with Crippen LogP contribution in [0.1, 0.15) is 0 Å². The van der Waals surface area contributed by atoms with Crippen molar-refractivity contribution in [1.29, 1.82) is 0 Å². The zero-order chi connectivity index (χ0) is 21.3. The Balaban J connectivity index is 1.13. The lowest BCUT2D eigenvalue weighted by molar-refractivity contribution is 0.173. The molecule has 6 nitrogen and oxygen atoms in total. The van der Waals surface area contributed by atoms with E-state index < -0.39 is 0 Å². The molecular weight excluding hydrogens is 404 g/mol. The Morgan fingerprint density at radius 2 is 0.781 bits per heavy atom. The van der Waals surface area contributed by atoms with E-state index in [2.05, 4.69) is 59.2 Å². The van der Waals surface area contributed by atoms with Crippen LogP contribution >= 0.6 is 0 Å². The SMILES string of the molecule is c1cc(-c2ccc(Nc3ccc4c(c3)OCO4)cc2)ccc1Nc1ccc2c(c1)OCO2. The van der Waals surface area contributed by atoms with E-state index in [0.717, 1.165) is 56.9 Å². The Morgan fingerprint density at radius 1 is 0.406 bits per heavy atom. The number of fused-ring (bicyclic) bond motifs is 2. The molecule has 4 aromatic carbocycles. The smallest absolute Gasteiger partial charge is 0.231 e. The second-order valence-corrected chi connectivity index (χ2v) is 7.54. The zero-order valence-electron chi connectivity index (χ0n) is 17.1. The lowest BCUT2D eigenvalue weighted by Crippen LogP contribution is -1.93. The first-order chi connectivity index (χ1) is 15.8. The highest BCUT2D eigenvalue weighted by atomic mass is 16.7. The van der Waals surface area contributed by atoms with Crippen molar-refractivity contribution in [3.8, 4) is 34.1 Å². The number of nitrogens with one attached hydrogen (secondary N) is 2. The molecule has 0 radical (unpaired) electrons. The monoisotopic (exact) mass is 424 g/mol. The predicted molar refractivity (Wildman–Crippen MR) is 124 cm³/mol. The summed E-state index contributed by atoms with van der Waals surface area (Å²) in [4.78, 5) is 0. The van der Waals surface area contributed by atoms with E-state index in [4.69, 9.17) is 18.9 Å². The lowest BCUT2D eigenvalue weighted by Gasteiger charge is -2.10. The Morgan fingerprint density at radius 3 is 1.22 bits per heavy atom. The zero-order valence-corrected chi connectivity index (χ0v) is 17.1. The first-order valence-electron chi connectivity index (χ1n) is 10.3. The molecule has 0 aromatic heterocycles. The molecular formula is C26H20N2O4. The van der Waals surface area contributed by atoms with Gasteiger partial charge in [0.05, 0.1) is 0 Å². The highest BCUT2D eigenvalue weighted by Gasteiger charge is 2.14. The normalized spacial score (nSPS) is 13.1. The van der Waals surface area contributed by atoms with Gasteiger partial charge < -0.3 is 29.6 Å². The molecule has 158 valence electrons. The second kappa shape index (κ2) is 7.74. The molecule has 2 aliphatic heterocycles. The number of hydrogen-bond donors (Lipinski definition) is 2. The van der Waals surface area contributed by atoms with Crippen molar-refractivity contribution in [2.75, 3.05) is 24.2 Å². The Labute approximate surface area is 185 Å². The molecule has 0 unspecified atom stereocenters. The fourth-order valence-corrected chi connectivity index (χ4v) is 3.77. The maximum atomic E-state index is 5.44. The quantitative estimate of drug-likeness (QED) is 0.392. The van der Waals surface area contributed by atoms with Gasteiger partial charge in [-0.15, -0.1) is 0 Å². The molecule has 2 heterocycles. The molecule has 0 saturated carbocycles. The molecule has 6 heteroatoms. The molecule has 32 heavy (non-hydrogen) atoms. The minimum Gasteiger partial charge on any atom is -0.454 e. The van der Waals surface area contributed by atoms with E-state index in [9.17, 15) is 0 Å². The van der Waals surface area contributed by atoms with Gasteiger partial charge in [-0.05, 0) is 59.7 Å². The number of hydrogen-bond acceptors (Lipinski definition) is 6. The van der Waals surface area contributed by atoms with Crippen molar-refractivity contribution in [3.05, 3.63) is 84.9 Å². The van der Waals surface area contributed by atoms with Crippen molar-refractivity contribution in [3.63, 3.8) is 0 Å². The molecule has 0 spiro atoms. The van der Waals surface area contributed by atoms with Crippen LogP contribution in [-0.2, 0) is 0 Å². The molecule has 0 atom stereocenters. The number of benzene rings is 4. The summed E-state index contributed by atoms with van der Waals surface area (Å²) in [6.45, 7) is 0.553. The summed E-state index contributed by atoms with van der Waals surface area (Å²) in [5.41, 5.74) is 6.23. The summed E-state index contributed by atoms with van der Waals surface area (Å²) in [5.74, 6) is 3.09. The maximum absolute atomic E-state index is 5.44. The largest absolute Gasteiger partial charge is 0.454 e. The van der Waals surface area contributed by atoms with E-state index in [0.29, 0.717) is 0 Å². The van der Waals surface area contributed by atoms with E-state index in [1.165, 1.54) is 0 Å². The van der Waals surface area contributed by atoms with Crippen molar-refractivity contribution < 1.29 is 18.9 Å². The highest BCUT2D eigenvalue weighted by molar-refractivity contribution is 5.72. The van der Waals surface area contributed by atoms with E-state index in [-0.39, 0.29) is 13.6 Å². The predicted octanol–water partition coefficient (Wildman–Crippen LogP) is 6.30. The Hall–Kier alpha value is -4.32. The Bertz CT molecular complexity index is 1170. The van der Waals surface area contributed by atoms with Crippen LogP contribution in [0.4, 0.5) is 22.7 Å². The minimum absolute atomic E-state index is 0.276. The summed E-state index contributed by atoms with van der Waals surface area (Å²) in [5, 5.41) is 6.80. The summed E-state index contributed by atoms with van der Waals surface area (Å²) >= 11 is 0. The van der Waals surface area contributed by atoms with Crippen LogP contribution in [0.5, 0.6) is 23.0 Å². The first kappa shape index (κ1) is 18.4. The van der Waals surface area contributed by atoms with E-state index >= 15 is 0 Å². The average Bonchev–Trinajstić information content (AvgIpc) is 3.49. The van der Waals surface area contributed by atoms with Gasteiger partial charge in [0.15, 0.2) is 23.0 Å². The van der Waals surface area contributed by atoms with Crippen LogP contribution in [0.15, 0.2) is 84.9 Å². The molecule has 6 rings (SSSR count). The summed E-state index contributed by atoms with van der Waals surface area (Å²) < 4.78 is 21.6. The van der Waals surface area contributed by atoms with Gasteiger partial charge in [0.25, 0.3) is 0 Å². The third-order valence-electron chi connectivity index (χ3n) is 5.43. The topological polar surface area (TPSA) is 61.0 Å². The number of anilines is 4. The minimum atomic E-state index is 0.276. The van der Waals surface area contributed by atoms with E-state index in [1.54, 1.807) is 0 Å². The van der Waals surface area contributed by atoms with Gasteiger partial charge in [0, 0.05) is 34.9 Å². The molecule has 0 aliphatic carbocycles. The van der Waals surface area contributed by atoms with Gasteiger partial charge >= 0.3 is 0 Å². The summed E-state index contributed by atoms with van der Waals surface area (Å²) in [6, 6.07) is 28.4. The maximum Gasteiger partial charge on any atom is 0.231 e. The molecule has 0 bridgehead atoms. The standard InChI is InChI=1S/C26H20N2O4/c1-5-19(27-21-9-11-23-25(13-21)31-15-29-23)6-2-17(1)18-3-7-20(8-4-18)28-22-10-12-24-26(14-22)32-16-30-24/h1-14,27-28H,15-16H2. The molecule has 2 aliphatic rings. The molecule has 4 aromatic rings. The van der Waals surface area contributed by atoms with Crippen LogP contribution in [0.2, 0.25) is 0 Å². The van der Waals surface area contributed by atoms with Crippen LogP contribution in [0.25, 0.3) is 11.1 Å². The van der Waals surface area contributed by atoms with Gasteiger partial charge in [0.2, 0.25) is 13.6 Å². The van der Waals surface area contributed by atoms with Gasteiger partial charge in [-0.3, -0.25) is 0 Å². The number of ether oxygens (including phenoxy) is 4. The van der Waals surface area contributed by atoms with Crippen molar-refractivity contribution in [2.45, 2.75) is 0 Å². The summed E-state index contributed by atoms with van der Waals surface area (Å²) in [7, 11) is 0. The van der Waals surface area contributed by atoms with Crippen LogP contribution in [0.3, 0.4) is 0 Å². The first-order valence-corrected chi connectivity index (χ1v) is 10.3. The van der Waals surface area contributed by atoms with Crippen molar-refractivity contribution in [2.24, 2.45) is 0 Å². The van der Waals surface area contributed by atoms with Gasteiger partial charge in [0.1, 0.15) is 0 Å². The molecule has 2 N–H and O–H groups in total. The summed E-state index contributed by atoms with van der Waals surface area (Å²) in [6.07, 6.45) is 0. The van der Waals surface area contributed by atoms with Crippen LogP contribution in [0, 0.1) is 0 Å². The molecule has 0 amide bonds. The van der Waals surface area contributed by atoms with Crippen LogP contribution < -0.4 is 29.6 Å². The third kappa shape index (κ3) is 3.63. The van der Waals surface area contributed by atoms with Gasteiger partial charge in [-0.2, -0.15) is 0 Å². The lowest BCUT2D eigenvalue weighted by atomic mass is 10.0. The van der Waals surface area contributed by atoms with E-state index in [1.807, 2.05) is 36.4 Å². The fraction of sp³-hybridized carbons (Fsp3) is 0.0769. The Kier molecular flexibility index (Phi) is 4.46. The molecule has 0 fully saturated rings. The molecule has 0 saturated heterocycles. The van der Waals surface area contributed by atoms with Gasteiger partial charge in [-0.25, -0.2) is 0 Å². The van der Waals surface area contributed by atoms with Crippen molar-refractivity contribution in [1.82, 2.24) is 0 Å². The third-order valence-corrected chi connectivity index (χ3v) is 5.43. The fourth-order valence-electron chi connectivity index (χ4n) is 3.77. The highest BCUT2D eigenvalue weighted by Crippen LogP contribution is 2.36. The van der Waals surface area contributed by atoms with Gasteiger partial charge in [-0.1, -0.05) is 24.3 Å².